The Hall–Kier alpha value is -0.840. The first kappa shape index (κ1) is 15.5. The summed E-state index contributed by atoms with van der Waals surface area (Å²) in [6.45, 7) is 2.09. The van der Waals surface area contributed by atoms with Gasteiger partial charge in [-0.1, -0.05) is 50.1 Å². The molecule has 2 nitrogen and oxygen atoms in total. The molecule has 0 heterocycles. The van der Waals surface area contributed by atoms with Crippen LogP contribution in [-0.4, -0.2) is 14.2 Å². The molecule has 2 rings (SSSR count). The zero-order valence-electron chi connectivity index (χ0n) is 11.7. The predicted octanol–water partition coefficient (Wildman–Crippen LogP) is 4.84. The molecule has 0 aliphatic carbocycles. The van der Waals surface area contributed by atoms with Crippen LogP contribution in [0, 0.1) is 6.92 Å². The summed E-state index contributed by atoms with van der Waals surface area (Å²) in [5.41, 5.74) is 3.63. The molecule has 0 aliphatic heterocycles. The van der Waals surface area contributed by atoms with Crippen LogP contribution in [0.25, 0.3) is 0 Å². The van der Waals surface area contributed by atoms with E-state index >= 15 is 0 Å². The van der Waals surface area contributed by atoms with Gasteiger partial charge in [0.2, 0.25) is 0 Å². The third kappa shape index (κ3) is 3.25. The fourth-order valence-electron chi connectivity index (χ4n) is 2.21. The van der Waals surface area contributed by atoms with E-state index in [2.05, 4.69) is 68.4 Å². The van der Waals surface area contributed by atoms with Crippen molar-refractivity contribution < 1.29 is 4.74 Å². The lowest BCUT2D eigenvalue weighted by Crippen LogP contribution is -2.18. The topological polar surface area (TPSA) is 21.3 Å². The first-order valence-corrected chi connectivity index (χ1v) is 7.92. The normalized spacial score (nSPS) is 12.2. The SMILES string of the molecule is CNC(c1ccc(C)cc1Br)c1ccc(OC)cc1Br. The summed E-state index contributed by atoms with van der Waals surface area (Å²) in [4.78, 5) is 0. The maximum atomic E-state index is 5.25. The van der Waals surface area contributed by atoms with E-state index in [0.717, 1.165) is 14.7 Å². The Kier molecular flexibility index (Phi) is 5.24. The molecular weight excluding hydrogens is 382 g/mol. The summed E-state index contributed by atoms with van der Waals surface area (Å²) in [7, 11) is 3.64. The summed E-state index contributed by atoms with van der Waals surface area (Å²) in [5, 5.41) is 3.37. The third-order valence-electron chi connectivity index (χ3n) is 3.27. The molecule has 0 bridgehead atoms. The van der Waals surface area contributed by atoms with Crippen LogP contribution in [0.2, 0.25) is 0 Å². The van der Waals surface area contributed by atoms with Crippen LogP contribution in [0.3, 0.4) is 0 Å². The number of ether oxygens (including phenoxy) is 1. The summed E-state index contributed by atoms with van der Waals surface area (Å²) in [5.74, 6) is 0.846. The number of halogens is 2. The van der Waals surface area contributed by atoms with Gasteiger partial charge in [0, 0.05) is 8.95 Å². The van der Waals surface area contributed by atoms with Gasteiger partial charge in [-0.3, -0.25) is 0 Å². The van der Waals surface area contributed by atoms with Crippen LogP contribution in [0.4, 0.5) is 0 Å². The molecule has 1 atom stereocenters. The van der Waals surface area contributed by atoms with Crippen molar-refractivity contribution in [2.75, 3.05) is 14.2 Å². The van der Waals surface area contributed by atoms with Crippen molar-refractivity contribution >= 4 is 31.9 Å². The van der Waals surface area contributed by atoms with Crippen LogP contribution in [0.1, 0.15) is 22.7 Å². The average molecular weight is 399 g/mol. The molecule has 2 aromatic carbocycles. The molecule has 0 saturated carbocycles. The molecule has 0 saturated heterocycles. The quantitative estimate of drug-likeness (QED) is 0.795. The minimum Gasteiger partial charge on any atom is -0.497 e. The molecule has 0 spiro atoms. The lowest BCUT2D eigenvalue weighted by Gasteiger charge is -2.21. The van der Waals surface area contributed by atoms with Crippen molar-refractivity contribution in [2.24, 2.45) is 0 Å². The smallest absolute Gasteiger partial charge is 0.120 e. The van der Waals surface area contributed by atoms with Crippen LogP contribution in [0.15, 0.2) is 45.3 Å². The number of nitrogens with one attached hydrogen (secondary N) is 1. The number of methoxy groups -OCH3 is 1. The minimum atomic E-state index is 0.116. The zero-order chi connectivity index (χ0) is 14.7. The van der Waals surface area contributed by atoms with Crippen molar-refractivity contribution in [3.63, 3.8) is 0 Å². The molecule has 0 fully saturated rings. The van der Waals surface area contributed by atoms with Crippen molar-refractivity contribution in [2.45, 2.75) is 13.0 Å². The maximum absolute atomic E-state index is 5.25. The maximum Gasteiger partial charge on any atom is 0.120 e. The monoisotopic (exact) mass is 397 g/mol. The van der Waals surface area contributed by atoms with E-state index in [4.69, 9.17) is 4.74 Å². The van der Waals surface area contributed by atoms with E-state index in [9.17, 15) is 0 Å². The molecule has 4 heteroatoms. The lowest BCUT2D eigenvalue weighted by atomic mass is 9.98. The van der Waals surface area contributed by atoms with E-state index in [1.807, 2.05) is 19.2 Å². The highest BCUT2D eigenvalue weighted by Crippen LogP contribution is 2.34. The fraction of sp³-hybridized carbons (Fsp3) is 0.250. The molecule has 0 amide bonds. The van der Waals surface area contributed by atoms with Gasteiger partial charge in [-0.25, -0.2) is 0 Å². The first-order valence-electron chi connectivity index (χ1n) is 6.33. The molecule has 1 N–H and O–H groups in total. The minimum absolute atomic E-state index is 0.116. The zero-order valence-corrected chi connectivity index (χ0v) is 14.9. The lowest BCUT2D eigenvalue weighted by molar-refractivity contribution is 0.414. The van der Waals surface area contributed by atoms with Crippen LogP contribution in [0.5, 0.6) is 5.75 Å². The van der Waals surface area contributed by atoms with E-state index in [-0.39, 0.29) is 6.04 Å². The van der Waals surface area contributed by atoms with Gasteiger partial charge >= 0.3 is 0 Å². The Morgan fingerprint density at radius 3 is 2.10 bits per heavy atom. The van der Waals surface area contributed by atoms with Gasteiger partial charge < -0.3 is 10.1 Å². The second kappa shape index (κ2) is 6.74. The largest absolute Gasteiger partial charge is 0.497 e. The summed E-state index contributed by atoms with van der Waals surface area (Å²) in [6, 6.07) is 12.6. The van der Waals surface area contributed by atoms with E-state index < -0.39 is 0 Å². The highest BCUT2D eigenvalue weighted by molar-refractivity contribution is 9.10. The molecule has 0 radical (unpaired) electrons. The standard InChI is InChI=1S/C16H17Br2NO/c1-10-4-6-12(14(17)8-10)16(19-2)13-7-5-11(20-3)9-15(13)18/h4-9,16,19H,1-3H3. The summed E-state index contributed by atoms with van der Waals surface area (Å²) < 4.78 is 7.39. The second-order valence-electron chi connectivity index (χ2n) is 4.63. The molecule has 1 unspecified atom stereocenters. The molecule has 2 aromatic rings. The van der Waals surface area contributed by atoms with Crippen molar-refractivity contribution in [1.29, 1.82) is 0 Å². The number of aryl methyl sites for hydroxylation is 1. The van der Waals surface area contributed by atoms with Crippen LogP contribution >= 0.6 is 31.9 Å². The van der Waals surface area contributed by atoms with Gasteiger partial charge in [0.15, 0.2) is 0 Å². The van der Waals surface area contributed by atoms with Gasteiger partial charge in [-0.05, 0) is 48.9 Å². The Labute approximate surface area is 136 Å². The van der Waals surface area contributed by atoms with Gasteiger partial charge in [0.05, 0.1) is 13.2 Å². The third-order valence-corrected chi connectivity index (χ3v) is 4.65. The number of rotatable bonds is 4. The molecule has 106 valence electrons. The van der Waals surface area contributed by atoms with Crippen LogP contribution < -0.4 is 10.1 Å². The Morgan fingerprint density at radius 2 is 1.60 bits per heavy atom. The fourth-order valence-corrected chi connectivity index (χ4v) is 3.52. The summed E-state index contributed by atoms with van der Waals surface area (Å²) >= 11 is 7.29. The molecular formula is C16H17Br2NO. The van der Waals surface area contributed by atoms with Gasteiger partial charge in [0.1, 0.15) is 5.75 Å². The molecule has 0 aliphatic rings. The first-order chi connectivity index (χ1) is 9.56. The average Bonchev–Trinajstić information content (AvgIpc) is 2.43. The van der Waals surface area contributed by atoms with Crippen molar-refractivity contribution in [3.8, 4) is 5.75 Å². The summed E-state index contributed by atoms with van der Waals surface area (Å²) in [6.07, 6.45) is 0. The van der Waals surface area contributed by atoms with E-state index in [0.29, 0.717) is 0 Å². The molecule has 20 heavy (non-hydrogen) atoms. The van der Waals surface area contributed by atoms with Gasteiger partial charge in [-0.2, -0.15) is 0 Å². The van der Waals surface area contributed by atoms with E-state index in [1.54, 1.807) is 7.11 Å². The molecule has 0 aromatic heterocycles. The van der Waals surface area contributed by atoms with Gasteiger partial charge in [0.25, 0.3) is 0 Å². The van der Waals surface area contributed by atoms with Crippen molar-refractivity contribution in [3.05, 3.63) is 62.0 Å². The van der Waals surface area contributed by atoms with Crippen molar-refractivity contribution in [1.82, 2.24) is 5.32 Å². The van der Waals surface area contributed by atoms with Crippen LogP contribution in [-0.2, 0) is 0 Å². The highest BCUT2D eigenvalue weighted by Gasteiger charge is 2.17. The number of benzene rings is 2. The Bertz CT molecular complexity index is 613. The predicted molar refractivity (Wildman–Crippen MR) is 90.5 cm³/mol. The second-order valence-corrected chi connectivity index (χ2v) is 6.34. The highest BCUT2D eigenvalue weighted by atomic mass is 79.9. The Balaban J connectivity index is 2.47. The number of hydrogen-bond acceptors (Lipinski definition) is 2. The Morgan fingerprint density at radius 1 is 1.00 bits per heavy atom. The number of hydrogen-bond donors (Lipinski definition) is 1. The van der Waals surface area contributed by atoms with Gasteiger partial charge in [-0.15, -0.1) is 0 Å². The van der Waals surface area contributed by atoms with E-state index in [1.165, 1.54) is 16.7 Å².